The second-order valence-corrected chi connectivity index (χ2v) is 10.5. The van der Waals surface area contributed by atoms with Crippen LogP contribution in [0.5, 0.6) is 0 Å². The highest BCUT2D eigenvalue weighted by Crippen LogP contribution is 2.43. The van der Waals surface area contributed by atoms with E-state index in [2.05, 4.69) is 21.7 Å². The molecule has 8 heteroatoms. The fraction of sp³-hybridized carbons (Fsp3) is 0.214. The topological polar surface area (TPSA) is 94.4 Å². The molecule has 2 heterocycles. The number of rotatable bonds is 6. The van der Waals surface area contributed by atoms with Gasteiger partial charge in [0.2, 0.25) is 5.91 Å². The number of benzene rings is 2. The maximum atomic E-state index is 13.4. The van der Waals surface area contributed by atoms with Gasteiger partial charge in [0.25, 0.3) is 5.91 Å². The third-order valence-corrected chi connectivity index (χ3v) is 7.86. The van der Waals surface area contributed by atoms with Crippen LogP contribution in [0.15, 0.2) is 82.3 Å². The first-order valence-corrected chi connectivity index (χ1v) is 13.3. The zero-order valence-electron chi connectivity index (χ0n) is 20.2. The van der Waals surface area contributed by atoms with Gasteiger partial charge in [-0.25, -0.2) is 4.99 Å². The number of hydrogen-bond acceptors (Lipinski definition) is 6. The first-order chi connectivity index (χ1) is 17.4. The van der Waals surface area contributed by atoms with Crippen LogP contribution in [0, 0.1) is 31.1 Å². The summed E-state index contributed by atoms with van der Waals surface area (Å²) < 4.78 is 0. The molecule has 0 spiro atoms. The number of allylic oxidation sites excluding steroid dienone is 1. The summed E-state index contributed by atoms with van der Waals surface area (Å²) in [6, 6.07) is 21.3. The fourth-order valence-electron chi connectivity index (χ4n) is 4.08. The van der Waals surface area contributed by atoms with Crippen molar-refractivity contribution in [2.24, 2.45) is 10.9 Å². The molecule has 2 N–H and O–H groups in total. The summed E-state index contributed by atoms with van der Waals surface area (Å²) in [5.74, 6) is -1.49. The molecule has 1 aromatic heterocycles. The lowest BCUT2D eigenvalue weighted by molar-refractivity contribution is -0.114. The van der Waals surface area contributed by atoms with Crippen molar-refractivity contribution in [3.8, 4) is 6.07 Å². The van der Waals surface area contributed by atoms with Crippen LogP contribution < -0.4 is 10.6 Å². The van der Waals surface area contributed by atoms with Gasteiger partial charge in [-0.15, -0.1) is 11.3 Å². The number of amides is 2. The normalized spacial score (nSPS) is 17.2. The molecule has 36 heavy (non-hydrogen) atoms. The predicted octanol–water partition coefficient (Wildman–Crippen LogP) is 6.29. The number of thioether (sulfide) groups is 1. The molecule has 2 unspecified atom stereocenters. The van der Waals surface area contributed by atoms with Gasteiger partial charge in [-0.05, 0) is 61.5 Å². The van der Waals surface area contributed by atoms with E-state index in [4.69, 9.17) is 0 Å². The van der Waals surface area contributed by atoms with Gasteiger partial charge >= 0.3 is 0 Å². The van der Waals surface area contributed by atoms with Crippen LogP contribution in [0.2, 0.25) is 0 Å². The van der Waals surface area contributed by atoms with Crippen molar-refractivity contribution in [2.75, 3.05) is 16.4 Å². The Bertz CT molecular complexity index is 1370. The molecule has 0 bridgehead atoms. The molecule has 2 amide bonds. The number of para-hydroxylation sites is 1. The Morgan fingerprint density at radius 3 is 2.53 bits per heavy atom. The van der Waals surface area contributed by atoms with E-state index < -0.39 is 11.8 Å². The second-order valence-electron chi connectivity index (χ2n) is 8.52. The third-order valence-electron chi connectivity index (χ3n) is 5.86. The first-order valence-electron chi connectivity index (χ1n) is 11.5. The Balaban J connectivity index is 1.59. The molecule has 1 aliphatic heterocycles. The number of carbonyl (C=O) groups is 2. The number of nitriles is 1. The number of aryl methyl sites for hydroxylation is 2. The number of carbonyl (C=O) groups excluding carboxylic acids is 2. The molecule has 1 aliphatic rings. The quantitative estimate of drug-likeness (QED) is 0.404. The third kappa shape index (κ3) is 5.76. The molecular weight excluding hydrogens is 488 g/mol. The number of aliphatic imine (C=N–C) groups is 1. The van der Waals surface area contributed by atoms with Crippen molar-refractivity contribution in [3.05, 3.63) is 93.3 Å². The van der Waals surface area contributed by atoms with Crippen molar-refractivity contribution in [2.45, 2.75) is 26.7 Å². The summed E-state index contributed by atoms with van der Waals surface area (Å²) >= 11 is 2.74. The lowest BCUT2D eigenvalue weighted by atomic mass is 9.82. The lowest BCUT2D eigenvalue weighted by Crippen LogP contribution is -2.31. The standard InChI is InChI=1S/C28H26N4O2S2/c1-17-11-12-18(2)22(14-17)32-24(33)16-36-28-21(15-29)26(23-10-7-13-35-23)25(19(3)30-28)27(34)31-20-8-5-4-6-9-20/h4-14,21,26H,16H2,1-3H3,(H,31,34)(H,32,33). The van der Waals surface area contributed by atoms with Gasteiger partial charge < -0.3 is 10.6 Å². The lowest BCUT2D eigenvalue weighted by Gasteiger charge is -2.29. The van der Waals surface area contributed by atoms with Crippen LogP contribution in [-0.4, -0.2) is 22.6 Å². The molecule has 182 valence electrons. The molecule has 2 aromatic carbocycles. The summed E-state index contributed by atoms with van der Waals surface area (Å²) in [4.78, 5) is 31.7. The monoisotopic (exact) mass is 514 g/mol. The highest BCUT2D eigenvalue weighted by molar-refractivity contribution is 8.14. The van der Waals surface area contributed by atoms with Crippen LogP contribution in [0.4, 0.5) is 11.4 Å². The highest BCUT2D eigenvalue weighted by Gasteiger charge is 2.39. The van der Waals surface area contributed by atoms with E-state index in [1.54, 1.807) is 6.92 Å². The minimum absolute atomic E-state index is 0.111. The first kappa shape index (κ1) is 25.4. The Labute approximate surface area is 219 Å². The molecule has 0 saturated carbocycles. The van der Waals surface area contributed by atoms with E-state index in [0.717, 1.165) is 21.7 Å². The Hall–Kier alpha value is -3.67. The minimum atomic E-state index is -0.678. The summed E-state index contributed by atoms with van der Waals surface area (Å²) in [5.41, 5.74) is 4.51. The van der Waals surface area contributed by atoms with Crippen molar-refractivity contribution in [3.63, 3.8) is 0 Å². The van der Waals surface area contributed by atoms with Crippen molar-refractivity contribution >= 4 is 51.3 Å². The maximum absolute atomic E-state index is 13.4. The van der Waals surface area contributed by atoms with Crippen molar-refractivity contribution in [1.29, 1.82) is 5.26 Å². The highest BCUT2D eigenvalue weighted by atomic mass is 32.2. The SMILES string of the molecule is CC1=C(C(=O)Nc2ccccc2)C(c2cccs2)C(C#N)C(SCC(=O)Nc2cc(C)ccc2C)=N1. The van der Waals surface area contributed by atoms with Gasteiger partial charge in [0.05, 0.1) is 16.9 Å². The smallest absolute Gasteiger partial charge is 0.254 e. The van der Waals surface area contributed by atoms with Gasteiger partial charge in [-0.1, -0.05) is 48.2 Å². The molecule has 2 atom stereocenters. The molecule has 3 aromatic rings. The Morgan fingerprint density at radius 1 is 1.06 bits per heavy atom. The van der Waals surface area contributed by atoms with E-state index in [-0.39, 0.29) is 17.6 Å². The van der Waals surface area contributed by atoms with Gasteiger partial charge in [-0.2, -0.15) is 5.26 Å². The molecule has 0 saturated heterocycles. The molecule has 0 fully saturated rings. The van der Waals surface area contributed by atoms with Crippen molar-refractivity contribution in [1.82, 2.24) is 0 Å². The maximum Gasteiger partial charge on any atom is 0.254 e. The van der Waals surface area contributed by atoms with Gasteiger partial charge in [0.15, 0.2) is 0 Å². The Morgan fingerprint density at radius 2 is 1.83 bits per heavy atom. The van der Waals surface area contributed by atoms with Gasteiger partial charge in [0.1, 0.15) is 5.92 Å². The Kier molecular flexibility index (Phi) is 8.04. The number of nitrogens with zero attached hydrogens (tertiary/aromatic N) is 2. The van der Waals surface area contributed by atoms with Crippen LogP contribution in [-0.2, 0) is 9.59 Å². The van der Waals surface area contributed by atoms with Gasteiger partial charge in [-0.3, -0.25) is 9.59 Å². The number of anilines is 2. The number of hydrogen-bond donors (Lipinski definition) is 2. The van der Waals surface area contributed by atoms with E-state index in [1.165, 1.54) is 23.1 Å². The zero-order valence-corrected chi connectivity index (χ0v) is 21.9. The number of nitrogens with one attached hydrogen (secondary N) is 2. The molecule has 4 rings (SSSR count). The fourth-order valence-corrected chi connectivity index (χ4v) is 5.87. The van der Waals surface area contributed by atoms with E-state index in [9.17, 15) is 14.9 Å². The molecule has 0 radical (unpaired) electrons. The van der Waals surface area contributed by atoms with Crippen LogP contribution in [0.1, 0.15) is 28.8 Å². The van der Waals surface area contributed by atoms with E-state index in [1.807, 2.05) is 79.9 Å². The number of thiophene rings is 1. The second kappa shape index (κ2) is 11.4. The summed E-state index contributed by atoms with van der Waals surface area (Å²) in [6.45, 7) is 5.70. The molecule has 6 nitrogen and oxygen atoms in total. The molecule has 0 aliphatic carbocycles. The average molecular weight is 515 g/mol. The average Bonchev–Trinajstić information content (AvgIpc) is 3.39. The van der Waals surface area contributed by atoms with Crippen LogP contribution in [0.3, 0.4) is 0 Å². The zero-order chi connectivity index (χ0) is 25.7. The molecular formula is C28H26N4O2S2. The van der Waals surface area contributed by atoms with E-state index in [0.29, 0.717) is 22.0 Å². The van der Waals surface area contributed by atoms with Crippen LogP contribution in [0.25, 0.3) is 0 Å². The summed E-state index contributed by atoms with van der Waals surface area (Å²) in [5, 5.41) is 18.5. The van der Waals surface area contributed by atoms with Gasteiger partial charge in [0, 0.05) is 33.4 Å². The van der Waals surface area contributed by atoms with Crippen LogP contribution >= 0.6 is 23.1 Å². The largest absolute Gasteiger partial charge is 0.325 e. The summed E-state index contributed by atoms with van der Waals surface area (Å²) in [6.07, 6.45) is 0. The predicted molar refractivity (Wildman–Crippen MR) is 148 cm³/mol. The van der Waals surface area contributed by atoms with E-state index >= 15 is 0 Å². The minimum Gasteiger partial charge on any atom is -0.325 e. The summed E-state index contributed by atoms with van der Waals surface area (Å²) in [7, 11) is 0. The van der Waals surface area contributed by atoms with Crippen molar-refractivity contribution < 1.29 is 9.59 Å².